The van der Waals surface area contributed by atoms with Gasteiger partial charge in [0.1, 0.15) is 36.8 Å². The summed E-state index contributed by atoms with van der Waals surface area (Å²) in [5.74, 6) is -5.93. The molecule has 6 rings (SSSR count). The van der Waals surface area contributed by atoms with Crippen LogP contribution in [0.5, 0.6) is 0 Å². The standard InChI is InChI=1S/C51H79N21O13S/c52-45(77)33-6-3-4-12-72-25-32(70-71-72)20-37(65-43(76)26-85-17-16-84-15-14-83-13-11-57-40(73)9-2-1-8-39-44-38(27-86-39)68-51(82)69-44)49(81)67-35(18-30-21-55-28-61-30)47(79)60-23-41(74)63-34(7-5-10-58-50(53)54)46(78)59-24-42(75)64-36(48(80)66-33)19-31-22-56-29-62-31/h21-22,25,28-29,33-39,44H,1-20,23-24,26-27H2,(H2,52,77)(H,55,61)(H,56,62)(H,57,73)(H,59,78)(H,60,79)(H,63,74)(H,64,75)(H,65,76)(H,66,80)(H,67,81)(H4,53,54,58)(H2,68,69,82)/t33-,34-,35-,36-,37-,38+,39?,44+/m0/s1. The van der Waals surface area contributed by atoms with Gasteiger partial charge in [-0.15, -0.1) is 5.10 Å². The zero-order valence-electron chi connectivity index (χ0n) is 47.6. The maximum absolute atomic E-state index is 14.2. The van der Waals surface area contributed by atoms with Gasteiger partial charge in [-0.1, -0.05) is 11.6 Å². The largest absolute Gasteiger partial charge is 0.377 e. The van der Waals surface area contributed by atoms with Gasteiger partial charge in [-0.3, -0.25) is 53.2 Å². The van der Waals surface area contributed by atoms with Gasteiger partial charge in [-0.2, -0.15) is 11.8 Å². The summed E-state index contributed by atoms with van der Waals surface area (Å²) in [5, 5.41) is 45.5. The Hall–Kier alpha value is -8.44. The van der Waals surface area contributed by atoms with Crippen LogP contribution >= 0.6 is 11.8 Å². The first-order valence-electron chi connectivity index (χ1n) is 28.4. The van der Waals surface area contributed by atoms with E-state index in [1.165, 1.54) is 29.7 Å². The number of imidazole rings is 2. The molecule has 3 aliphatic heterocycles. The zero-order chi connectivity index (χ0) is 61.6. The summed E-state index contributed by atoms with van der Waals surface area (Å²) in [4.78, 5) is 146. The van der Waals surface area contributed by atoms with Crippen LogP contribution in [0.1, 0.15) is 74.9 Å². The number of thioether (sulfide) groups is 1. The van der Waals surface area contributed by atoms with Crippen molar-refractivity contribution in [1.82, 2.24) is 93.4 Å². The lowest BCUT2D eigenvalue weighted by Gasteiger charge is -2.23. The molecule has 11 amide bonds. The number of urea groups is 1. The van der Waals surface area contributed by atoms with Crippen molar-refractivity contribution >= 4 is 76.9 Å². The number of aryl methyl sites for hydroxylation is 1. The van der Waals surface area contributed by atoms with Crippen LogP contribution in [-0.2, 0) is 83.2 Å². The van der Waals surface area contributed by atoms with E-state index in [-0.39, 0.29) is 120 Å². The van der Waals surface area contributed by atoms with E-state index in [1.807, 2.05) is 11.8 Å². The summed E-state index contributed by atoms with van der Waals surface area (Å²) in [6, 6.07) is -6.28. The summed E-state index contributed by atoms with van der Waals surface area (Å²) in [6.45, 7) is -0.283. The summed E-state index contributed by atoms with van der Waals surface area (Å²) >= 11 is 1.85. The van der Waals surface area contributed by atoms with Gasteiger partial charge in [0.25, 0.3) is 0 Å². The number of carbonyl (C=O) groups excluding carboxylic acids is 10. The molecule has 0 saturated carbocycles. The molecule has 35 heteroatoms. The second-order valence-corrected chi connectivity index (χ2v) is 21.8. The van der Waals surface area contributed by atoms with E-state index >= 15 is 0 Å². The molecule has 0 radical (unpaired) electrons. The molecule has 8 atom stereocenters. The predicted molar refractivity (Wildman–Crippen MR) is 306 cm³/mol. The maximum Gasteiger partial charge on any atom is 0.315 e. The summed E-state index contributed by atoms with van der Waals surface area (Å²) < 4.78 is 18.1. The number of ether oxygens (including phenoxy) is 3. The Morgan fingerprint density at radius 2 is 1.36 bits per heavy atom. The number of nitrogens with one attached hydrogen (secondary N) is 14. The van der Waals surface area contributed by atoms with Crippen molar-refractivity contribution < 1.29 is 62.2 Å². The lowest BCUT2D eigenvalue weighted by molar-refractivity contribution is -0.134. The molecule has 3 aromatic heterocycles. The number of hydrogen-bond acceptors (Lipinski definition) is 19. The highest BCUT2D eigenvalue weighted by Gasteiger charge is 2.42. The van der Waals surface area contributed by atoms with Crippen molar-refractivity contribution in [2.45, 2.75) is 131 Å². The fourth-order valence-corrected chi connectivity index (χ4v) is 10.9. The number of nitrogens with zero attached hydrogens (tertiary/aromatic N) is 5. The van der Waals surface area contributed by atoms with Crippen molar-refractivity contribution in [2.75, 3.05) is 71.6 Å². The van der Waals surface area contributed by atoms with Crippen molar-refractivity contribution in [3.05, 3.63) is 48.3 Å². The number of carbonyl (C=O) groups is 10. The average Bonchev–Trinajstić information content (AvgIpc) is 4.50. The normalized spacial score (nSPS) is 22.9. The number of unbranched alkanes of at least 4 members (excludes halogenated alkanes) is 1. The van der Waals surface area contributed by atoms with E-state index in [1.54, 1.807) is 6.20 Å². The van der Waals surface area contributed by atoms with E-state index in [0.29, 0.717) is 42.4 Å². The molecule has 6 heterocycles. The van der Waals surface area contributed by atoms with Crippen LogP contribution in [0.3, 0.4) is 0 Å². The van der Waals surface area contributed by atoms with Crippen molar-refractivity contribution in [2.24, 2.45) is 11.5 Å². The van der Waals surface area contributed by atoms with E-state index in [4.69, 9.17) is 31.1 Å². The number of H-pyrrole nitrogens is 2. The molecule has 2 saturated heterocycles. The predicted octanol–water partition coefficient (Wildman–Crippen LogP) is -5.77. The molecule has 3 aromatic rings. The number of nitrogens with two attached hydrogens (primary N) is 2. The first-order valence-corrected chi connectivity index (χ1v) is 29.5. The molecular weight excluding hydrogens is 1150 g/mol. The minimum Gasteiger partial charge on any atom is -0.377 e. The van der Waals surface area contributed by atoms with Gasteiger partial charge in [0.05, 0.1) is 87.9 Å². The molecule has 1 unspecified atom stereocenters. The number of primary amides is 1. The third-order valence-electron chi connectivity index (χ3n) is 13.8. The van der Waals surface area contributed by atoms with Gasteiger partial charge in [-0.25, -0.2) is 14.8 Å². The molecule has 3 aliphatic rings. The molecule has 0 aromatic carbocycles. The first-order chi connectivity index (χ1) is 41.5. The number of aromatic nitrogens is 7. The Bertz CT molecular complexity index is 2720. The van der Waals surface area contributed by atoms with Gasteiger partial charge >= 0.3 is 6.03 Å². The van der Waals surface area contributed by atoms with E-state index in [0.717, 1.165) is 25.0 Å². The molecule has 0 aliphatic carbocycles. The third-order valence-corrected chi connectivity index (χ3v) is 15.3. The fraction of sp³-hybridized carbons (Fsp3) is 0.627. The van der Waals surface area contributed by atoms with E-state index in [9.17, 15) is 47.9 Å². The number of amides is 11. The van der Waals surface area contributed by atoms with Gasteiger partial charge in [0.15, 0.2) is 5.96 Å². The minimum absolute atomic E-state index is 0.00130. The Kier molecular flexibility index (Phi) is 27.7. The van der Waals surface area contributed by atoms with Crippen LogP contribution in [-0.4, -0.2) is 219 Å². The molecule has 86 heavy (non-hydrogen) atoms. The lowest BCUT2D eigenvalue weighted by atomic mass is 10.0. The molecule has 2 bridgehead atoms. The highest BCUT2D eigenvalue weighted by molar-refractivity contribution is 8.00. The van der Waals surface area contributed by atoms with Crippen LogP contribution < -0.4 is 70.0 Å². The van der Waals surface area contributed by atoms with Crippen molar-refractivity contribution in [3.63, 3.8) is 0 Å². The molecule has 0 spiro atoms. The van der Waals surface area contributed by atoms with Crippen molar-refractivity contribution in [1.29, 1.82) is 5.41 Å². The quantitative estimate of drug-likeness (QED) is 0.0154. The Morgan fingerprint density at radius 1 is 0.698 bits per heavy atom. The molecule has 18 N–H and O–H groups in total. The van der Waals surface area contributed by atoms with Gasteiger partial charge in [0.2, 0.25) is 53.2 Å². The lowest BCUT2D eigenvalue weighted by Crippen LogP contribution is -2.57. The number of fused-ring (bicyclic) bond motifs is 3. The fourth-order valence-electron chi connectivity index (χ4n) is 9.39. The Morgan fingerprint density at radius 3 is 2.03 bits per heavy atom. The minimum atomic E-state index is -1.38. The second kappa shape index (κ2) is 35.8. The number of rotatable bonds is 26. The zero-order valence-corrected chi connectivity index (χ0v) is 48.4. The van der Waals surface area contributed by atoms with Gasteiger partial charge in [0, 0.05) is 74.9 Å². The molecular formula is C51H79N21O13S. The SMILES string of the molecule is N=C(N)NCCC[C@@H]1NC(=O)CNC(=O)[C@H](Cc2c[nH]cn2)NC(=O)[C@@H](NC(=O)COCCOCCOCCNC(=O)CCCCC2SC[C@H]3NC(=O)N[C@@H]23)Cc2cn(nn2)CCCC[C@@H](C(N)=O)NC(=O)[C@H](Cc2c[nH]cn2)NC(=O)CNC1=O. The third kappa shape index (κ3) is 23.9. The van der Waals surface area contributed by atoms with Gasteiger partial charge in [-0.05, 0) is 44.9 Å². The molecule has 2 fully saturated rings. The van der Waals surface area contributed by atoms with Crippen LogP contribution in [0.2, 0.25) is 0 Å². The average molecular weight is 1230 g/mol. The highest BCUT2D eigenvalue weighted by Crippen LogP contribution is 2.33. The monoisotopic (exact) mass is 1230 g/mol. The first kappa shape index (κ1) is 66.7. The van der Waals surface area contributed by atoms with Crippen LogP contribution in [0, 0.1) is 5.41 Å². The van der Waals surface area contributed by atoms with Crippen LogP contribution in [0.15, 0.2) is 31.2 Å². The highest BCUT2D eigenvalue weighted by atomic mass is 32.2. The summed E-state index contributed by atoms with van der Waals surface area (Å²) in [6.07, 6.45) is 10.8. The number of aromatic amines is 2. The Labute approximate surface area is 498 Å². The maximum atomic E-state index is 14.2. The van der Waals surface area contributed by atoms with Crippen LogP contribution in [0.4, 0.5) is 4.79 Å². The summed E-state index contributed by atoms with van der Waals surface area (Å²) in [5.41, 5.74) is 12.1. The summed E-state index contributed by atoms with van der Waals surface area (Å²) in [7, 11) is 0. The van der Waals surface area contributed by atoms with Gasteiger partial charge < -0.3 is 94.1 Å². The molecule has 472 valence electrons. The number of guanidine groups is 1. The Balaban J connectivity index is 1.03. The second-order valence-electron chi connectivity index (χ2n) is 20.5. The number of hydrogen-bond donors (Lipinski definition) is 16. The van der Waals surface area contributed by atoms with Crippen molar-refractivity contribution in [3.8, 4) is 0 Å². The topological polar surface area (TPSA) is 495 Å². The smallest absolute Gasteiger partial charge is 0.315 e. The van der Waals surface area contributed by atoms with E-state index < -0.39 is 97.2 Å². The molecule has 34 nitrogen and oxygen atoms in total. The van der Waals surface area contributed by atoms with Crippen LogP contribution in [0.25, 0.3) is 0 Å². The van der Waals surface area contributed by atoms with E-state index in [2.05, 4.69) is 88.7 Å².